The van der Waals surface area contributed by atoms with E-state index in [1.54, 1.807) is 12.1 Å². The second-order valence-electron chi connectivity index (χ2n) is 3.48. The van der Waals surface area contributed by atoms with Crippen LogP contribution in [0.4, 0.5) is 13.2 Å². The van der Waals surface area contributed by atoms with Gasteiger partial charge in [-0.3, -0.25) is 11.3 Å². The number of pyridine rings is 1. The van der Waals surface area contributed by atoms with E-state index in [0.29, 0.717) is 5.56 Å². The summed E-state index contributed by atoms with van der Waals surface area (Å²) in [6.07, 6.45) is -3.79. The van der Waals surface area contributed by atoms with Crippen LogP contribution in [0.25, 0.3) is 0 Å². The van der Waals surface area contributed by atoms with Crippen LogP contribution in [0.15, 0.2) is 18.3 Å². The molecule has 17 heavy (non-hydrogen) atoms. The number of aromatic nitrogens is 1. The maximum absolute atomic E-state index is 12.1. The highest BCUT2D eigenvalue weighted by Gasteiger charge is 2.29. The van der Waals surface area contributed by atoms with E-state index in [9.17, 15) is 13.2 Å². The molecule has 1 unspecified atom stereocenters. The minimum Gasteiger partial charge on any atom is -0.481 e. The van der Waals surface area contributed by atoms with E-state index in [1.807, 2.05) is 0 Å². The van der Waals surface area contributed by atoms with Gasteiger partial charge in [-0.15, -0.1) is 0 Å². The normalized spacial score (nSPS) is 13.5. The zero-order chi connectivity index (χ0) is 12.9. The van der Waals surface area contributed by atoms with Crippen LogP contribution in [0.2, 0.25) is 0 Å². The molecule has 1 rings (SSSR count). The first kappa shape index (κ1) is 13.7. The lowest BCUT2D eigenvalue weighted by atomic mass is 10.0. The Balaban J connectivity index is 2.79. The van der Waals surface area contributed by atoms with Gasteiger partial charge in [-0.2, -0.15) is 13.2 Å². The van der Waals surface area contributed by atoms with E-state index in [2.05, 4.69) is 10.4 Å². The predicted molar refractivity (Wildman–Crippen MR) is 56.1 cm³/mol. The third-order valence-corrected chi connectivity index (χ3v) is 2.29. The van der Waals surface area contributed by atoms with Gasteiger partial charge in [0.2, 0.25) is 5.88 Å². The van der Waals surface area contributed by atoms with Crippen LogP contribution in [-0.2, 0) is 0 Å². The van der Waals surface area contributed by atoms with Crippen LogP contribution >= 0.6 is 0 Å². The lowest BCUT2D eigenvalue weighted by Crippen LogP contribution is -2.29. The van der Waals surface area contributed by atoms with Crippen molar-refractivity contribution in [2.75, 3.05) is 7.11 Å². The topological polar surface area (TPSA) is 60.2 Å². The predicted octanol–water partition coefficient (Wildman–Crippen LogP) is 1.94. The maximum Gasteiger partial charge on any atom is 0.389 e. The Hall–Kier alpha value is -1.34. The smallest absolute Gasteiger partial charge is 0.389 e. The molecule has 0 bridgehead atoms. The number of methoxy groups -OCH3 is 1. The first-order valence-electron chi connectivity index (χ1n) is 4.99. The number of hydrogen-bond acceptors (Lipinski definition) is 4. The van der Waals surface area contributed by atoms with Gasteiger partial charge >= 0.3 is 6.18 Å². The molecule has 1 atom stereocenters. The number of nitrogens with one attached hydrogen (secondary N) is 1. The Morgan fingerprint density at radius 1 is 1.53 bits per heavy atom. The van der Waals surface area contributed by atoms with E-state index in [1.165, 1.54) is 13.3 Å². The van der Waals surface area contributed by atoms with Gasteiger partial charge in [0, 0.05) is 18.2 Å². The molecule has 0 saturated heterocycles. The van der Waals surface area contributed by atoms with Crippen LogP contribution in [0.5, 0.6) is 5.88 Å². The molecule has 1 aromatic rings. The van der Waals surface area contributed by atoms with E-state index in [0.717, 1.165) is 0 Å². The van der Waals surface area contributed by atoms with Crippen molar-refractivity contribution in [1.29, 1.82) is 0 Å². The molecule has 0 spiro atoms. The highest BCUT2D eigenvalue weighted by Crippen LogP contribution is 2.30. The molecule has 0 amide bonds. The monoisotopic (exact) mass is 249 g/mol. The van der Waals surface area contributed by atoms with E-state index in [4.69, 9.17) is 10.6 Å². The standard InChI is InChI=1S/C10H14F3N3O/c1-17-9-7(3-2-6-15-9)8(16-14)4-5-10(11,12)13/h2-3,6,8,16H,4-5,14H2,1H3. The van der Waals surface area contributed by atoms with E-state index < -0.39 is 18.6 Å². The lowest BCUT2D eigenvalue weighted by Gasteiger charge is -2.18. The first-order valence-corrected chi connectivity index (χ1v) is 4.99. The molecule has 0 aromatic carbocycles. The van der Waals surface area contributed by atoms with Crippen molar-refractivity contribution in [3.8, 4) is 5.88 Å². The third-order valence-electron chi connectivity index (χ3n) is 2.29. The largest absolute Gasteiger partial charge is 0.481 e. The number of hydrogen-bond donors (Lipinski definition) is 2. The quantitative estimate of drug-likeness (QED) is 0.618. The molecule has 4 nitrogen and oxygen atoms in total. The van der Waals surface area contributed by atoms with Crippen molar-refractivity contribution in [3.63, 3.8) is 0 Å². The molecule has 1 aromatic heterocycles. The molecular formula is C10H14F3N3O. The Morgan fingerprint density at radius 3 is 2.76 bits per heavy atom. The molecule has 0 saturated carbocycles. The van der Waals surface area contributed by atoms with Gasteiger partial charge in [0.05, 0.1) is 13.2 Å². The SMILES string of the molecule is COc1ncccc1C(CCC(F)(F)F)NN. The molecule has 3 N–H and O–H groups in total. The summed E-state index contributed by atoms with van der Waals surface area (Å²) in [7, 11) is 1.41. The Morgan fingerprint density at radius 2 is 2.24 bits per heavy atom. The third kappa shape index (κ3) is 4.20. The molecule has 0 radical (unpaired) electrons. The van der Waals surface area contributed by atoms with Crippen LogP contribution in [0, 0.1) is 0 Å². The van der Waals surface area contributed by atoms with Gasteiger partial charge in [0.25, 0.3) is 0 Å². The molecule has 0 aliphatic heterocycles. The summed E-state index contributed by atoms with van der Waals surface area (Å²) in [5.74, 6) is 5.53. The summed E-state index contributed by atoms with van der Waals surface area (Å²) in [6.45, 7) is 0. The van der Waals surface area contributed by atoms with Crippen LogP contribution in [-0.4, -0.2) is 18.3 Å². The fourth-order valence-electron chi connectivity index (χ4n) is 1.48. The number of nitrogens with two attached hydrogens (primary N) is 1. The number of rotatable bonds is 5. The summed E-state index contributed by atoms with van der Waals surface area (Å²) in [6, 6.07) is 2.61. The summed E-state index contributed by atoms with van der Waals surface area (Å²) < 4.78 is 41.4. The van der Waals surface area contributed by atoms with Crippen molar-refractivity contribution >= 4 is 0 Å². The summed E-state index contributed by atoms with van der Waals surface area (Å²) in [5.41, 5.74) is 2.86. The number of halogens is 3. The lowest BCUT2D eigenvalue weighted by molar-refractivity contribution is -0.136. The fourth-order valence-corrected chi connectivity index (χ4v) is 1.48. The maximum atomic E-state index is 12.1. The second kappa shape index (κ2) is 5.83. The minimum absolute atomic E-state index is 0.165. The summed E-state index contributed by atoms with van der Waals surface area (Å²) >= 11 is 0. The van der Waals surface area contributed by atoms with Crippen LogP contribution < -0.4 is 16.0 Å². The van der Waals surface area contributed by atoms with Gasteiger partial charge in [-0.1, -0.05) is 6.07 Å². The van der Waals surface area contributed by atoms with Crippen molar-refractivity contribution in [2.24, 2.45) is 5.84 Å². The molecule has 7 heteroatoms. The minimum atomic E-state index is -4.20. The Labute approximate surface area is 96.9 Å². The second-order valence-corrected chi connectivity index (χ2v) is 3.48. The number of nitrogens with zero attached hydrogens (tertiary/aromatic N) is 1. The average molecular weight is 249 g/mol. The van der Waals surface area contributed by atoms with Crippen molar-refractivity contribution in [1.82, 2.24) is 10.4 Å². The first-order chi connectivity index (χ1) is 7.98. The van der Waals surface area contributed by atoms with Gasteiger partial charge in [0.15, 0.2) is 0 Å². The molecular weight excluding hydrogens is 235 g/mol. The van der Waals surface area contributed by atoms with Crippen molar-refractivity contribution in [3.05, 3.63) is 23.9 Å². The van der Waals surface area contributed by atoms with Gasteiger partial charge in [-0.25, -0.2) is 4.98 Å². The van der Waals surface area contributed by atoms with Gasteiger partial charge in [-0.05, 0) is 12.5 Å². The number of ether oxygens (including phenoxy) is 1. The molecule has 1 heterocycles. The van der Waals surface area contributed by atoms with E-state index >= 15 is 0 Å². The van der Waals surface area contributed by atoms with Crippen molar-refractivity contribution < 1.29 is 17.9 Å². The number of alkyl halides is 3. The Kier molecular flexibility index (Phi) is 4.71. The highest BCUT2D eigenvalue weighted by atomic mass is 19.4. The summed E-state index contributed by atoms with van der Waals surface area (Å²) in [4.78, 5) is 3.91. The van der Waals surface area contributed by atoms with Gasteiger partial charge < -0.3 is 4.74 Å². The molecule has 0 aliphatic rings. The zero-order valence-corrected chi connectivity index (χ0v) is 9.29. The molecule has 0 aliphatic carbocycles. The number of hydrazine groups is 1. The Bertz CT molecular complexity index is 357. The highest BCUT2D eigenvalue weighted by molar-refractivity contribution is 5.28. The molecule has 0 fully saturated rings. The van der Waals surface area contributed by atoms with Crippen LogP contribution in [0.3, 0.4) is 0 Å². The summed E-state index contributed by atoms with van der Waals surface area (Å²) in [5, 5.41) is 0. The average Bonchev–Trinajstić information content (AvgIpc) is 2.29. The van der Waals surface area contributed by atoms with Gasteiger partial charge in [0.1, 0.15) is 0 Å². The fraction of sp³-hybridized carbons (Fsp3) is 0.500. The zero-order valence-electron chi connectivity index (χ0n) is 9.29. The molecule has 96 valence electrons. The van der Waals surface area contributed by atoms with Crippen LogP contribution in [0.1, 0.15) is 24.4 Å². The van der Waals surface area contributed by atoms with Crippen molar-refractivity contribution in [2.45, 2.75) is 25.1 Å². The van der Waals surface area contributed by atoms with E-state index in [-0.39, 0.29) is 12.3 Å².